The SMILES string of the molecule is COc1ccccc1.OCCNCOc1ccccc1. The lowest BCUT2D eigenvalue weighted by Gasteiger charge is -2.05. The molecule has 0 unspecified atom stereocenters. The second kappa shape index (κ2) is 10.8. The van der Waals surface area contributed by atoms with Crippen molar-refractivity contribution in [3.63, 3.8) is 0 Å². The van der Waals surface area contributed by atoms with E-state index < -0.39 is 0 Å². The van der Waals surface area contributed by atoms with Crippen LogP contribution in [0.2, 0.25) is 0 Å². The molecule has 4 nitrogen and oxygen atoms in total. The maximum atomic E-state index is 8.45. The lowest BCUT2D eigenvalue weighted by Crippen LogP contribution is -2.23. The first-order valence-corrected chi connectivity index (χ1v) is 6.45. The molecule has 0 amide bonds. The summed E-state index contributed by atoms with van der Waals surface area (Å²) in [4.78, 5) is 0. The topological polar surface area (TPSA) is 50.7 Å². The van der Waals surface area contributed by atoms with Crippen LogP contribution in [-0.2, 0) is 0 Å². The average molecular weight is 275 g/mol. The van der Waals surface area contributed by atoms with Gasteiger partial charge in [-0.05, 0) is 24.3 Å². The summed E-state index contributed by atoms with van der Waals surface area (Å²) in [6, 6.07) is 19.2. The smallest absolute Gasteiger partial charge is 0.139 e. The van der Waals surface area contributed by atoms with E-state index in [9.17, 15) is 0 Å². The zero-order chi connectivity index (χ0) is 14.5. The standard InChI is InChI=1S/C9H13NO2.C7H8O/c11-7-6-10-8-12-9-4-2-1-3-5-9;1-8-7-5-3-2-4-6-7/h1-5,10-11H,6-8H2;2-6H,1H3. The number of aliphatic hydroxyl groups is 1. The van der Waals surface area contributed by atoms with Crippen molar-refractivity contribution < 1.29 is 14.6 Å². The van der Waals surface area contributed by atoms with Gasteiger partial charge >= 0.3 is 0 Å². The predicted molar refractivity (Wildman–Crippen MR) is 80.0 cm³/mol. The van der Waals surface area contributed by atoms with Crippen molar-refractivity contribution in [3.8, 4) is 11.5 Å². The van der Waals surface area contributed by atoms with Crippen LogP contribution in [0.1, 0.15) is 0 Å². The van der Waals surface area contributed by atoms with Gasteiger partial charge in [-0.2, -0.15) is 0 Å². The van der Waals surface area contributed by atoms with Crippen molar-refractivity contribution in [1.29, 1.82) is 0 Å². The normalized spacial score (nSPS) is 9.30. The summed E-state index contributed by atoms with van der Waals surface area (Å²) in [6.45, 7) is 1.13. The monoisotopic (exact) mass is 275 g/mol. The van der Waals surface area contributed by atoms with Crippen LogP contribution in [0.4, 0.5) is 0 Å². The van der Waals surface area contributed by atoms with Crippen LogP contribution in [0.25, 0.3) is 0 Å². The highest BCUT2D eigenvalue weighted by molar-refractivity contribution is 5.21. The Morgan fingerprint density at radius 3 is 1.90 bits per heavy atom. The minimum absolute atomic E-state index is 0.137. The van der Waals surface area contributed by atoms with Crippen LogP contribution < -0.4 is 14.8 Å². The Hall–Kier alpha value is -2.04. The molecule has 0 radical (unpaired) electrons. The first kappa shape index (κ1) is 16.0. The molecule has 2 aromatic rings. The van der Waals surface area contributed by atoms with Crippen molar-refractivity contribution in [2.45, 2.75) is 0 Å². The second-order valence-corrected chi connectivity index (χ2v) is 3.84. The van der Waals surface area contributed by atoms with Gasteiger partial charge in [0.05, 0.1) is 13.7 Å². The average Bonchev–Trinajstić information content (AvgIpc) is 2.54. The maximum Gasteiger partial charge on any atom is 0.139 e. The van der Waals surface area contributed by atoms with Gasteiger partial charge in [0.15, 0.2) is 0 Å². The molecule has 2 N–H and O–H groups in total. The summed E-state index contributed by atoms with van der Waals surface area (Å²) in [5, 5.41) is 11.4. The van der Waals surface area contributed by atoms with Gasteiger partial charge < -0.3 is 14.6 Å². The number of para-hydroxylation sites is 2. The molecule has 2 rings (SSSR count). The van der Waals surface area contributed by atoms with Crippen molar-refractivity contribution >= 4 is 0 Å². The van der Waals surface area contributed by atoms with E-state index in [2.05, 4.69) is 5.32 Å². The molecule has 0 aliphatic carbocycles. The molecule has 20 heavy (non-hydrogen) atoms. The van der Waals surface area contributed by atoms with E-state index in [0.29, 0.717) is 13.3 Å². The number of benzene rings is 2. The Morgan fingerprint density at radius 2 is 1.45 bits per heavy atom. The van der Waals surface area contributed by atoms with Crippen LogP contribution in [0.5, 0.6) is 11.5 Å². The summed E-state index contributed by atoms with van der Waals surface area (Å²) in [7, 11) is 1.66. The van der Waals surface area contributed by atoms with E-state index in [1.165, 1.54) is 0 Å². The van der Waals surface area contributed by atoms with Crippen LogP contribution in [0.15, 0.2) is 60.7 Å². The number of nitrogens with one attached hydrogen (secondary N) is 1. The Balaban J connectivity index is 0.000000217. The summed E-state index contributed by atoms with van der Waals surface area (Å²) in [5.41, 5.74) is 0. The molecule has 0 aliphatic heterocycles. The molecular weight excluding hydrogens is 254 g/mol. The van der Waals surface area contributed by atoms with Crippen LogP contribution in [0.3, 0.4) is 0 Å². The zero-order valence-electron chi connectivity index (χ0n) is 11.7. The zero-order valence-corrected chi connectivity index (χ0v) is 11.7. The lowest BCUT2D eigenvalue weighted by molar-refractivity contribution is 0.245. The Kier molecular flexibility index (Phi) is 8.68. The van der Waals surface area contributed by atoms with Crippen molar-refractivity contribution in [1.82, 2.24) is 5.32 Å². The fraction of sp³-hybridized carbons (Fsp3) is 0.250. The first-order chi connectivity index (χ1) is 9.86. The van der Waals surface area contributed by atoms with Crippen LogP contribution in [-0.4, -0.2) is 32.1 Å². The molecule has 0 aromatic heterocycles. The fourth-order valence-corrected chi connectivity index (χ4v) is 1.36. The fourth-order valence-electron chi connectivity index (χ4n) is 1.36. The summed E-state index contributed by atoms with van der Waals surface area (Å²) < 4.78 is 10.2. The third-order valence-corrected chi connectivity index (χ3v) is 2.35. The molecular formula is C16H21NO3. The van der Waals surface area contributed by atoms with Crippen molar-refractivity contribution in [2.75, 3.05) is 27.0 Å². The first-order valence-electron chi connectivity index (χ1n) is 6.45. The number of methoxy groups -OCH3 is 1. The molecule has 0 heterocycles. The number of hydrogen-bond donors (Lipinski definition) is 2. The van der Waals surface area contributed by atoms with Crippen molar-refractivity contribution in [2.24, 2.45) is 0 Å². The molecule has 0 aliphatic rings. The Morgan fingerprint density at radius 1 is 0.900 bits per heavy atom. The molecule has 0 atom stereocenters. The minimum atomic E-state index is 0.137. The Labute approximate surface area is 120 Å². The number of rotatable bonds is 6. The molecule has 108 valence electrons. The van der Waals surface area contributed by atoms with E-state index in [-0.39, 0.29) is 6.61 Å². The highest BCUT2D eigenvalue weighted by Crippen LogP contribution is 2.07. The molecule has 0 spiro atoms. The van der Waals surface area contributed by atoms with Crippen LogP contribution in [0, 0.1) is 0 Å². The van der Waals surface area contributed by atoms with E-state index in [1.54, 1.807) is 7.11 Å². The maximum absolute atomic E-state index is 8.45. The van der Waals surface area contributed by atoms with Gasteiger partial charge in [-0.1, -0.05) is 36.4 Å². The van der Waals surface area contributed by atoms with E-state index >= 15 is 0 Å². The second-order valence-electron chi connectivity index (χ2n) is 3.84. The van der Waals surface area contributed by atoms with E-state index in [1.807, 2.05) is 60.7 Å². The van der Waals surface area contributed by atoms with Gasteiger partial charge in [-0.3, -0.25) is 5.32 Å². The van der Waals surface area contributed by atoms with Gasteiger partial charge in [0.1, 0.15) is 18.2 Å². The number of aliphatic hydroxyl groups excluding tert-OH is 1. The summed E-state index contributed by atoms with van der Waals surface area (Å²) in [6.07, 6.45) is 0. The van der Waals surface area contributed by atoms with Crippen molar-refractivity contribution in [3.05, 3.63) is 60.7 Å². The van der Waals surface area contributed by atoms with Gasteiger partial charge in [0, 0.05) is 6.54 Å². The molecule has 0 fully saturated rings. The molecule has 0 bridgehead atoms. The molecule has 2 aromatic carbocycles. The van der Waals surface area contributed by atoms with E-state index in [4.69, 9.17) is 14.6 Å². The Bertz CT molecular complexity index is 434. The summed E-state index contributed by atoms with van der Waals surface area (Å²) >= 11 is 0. The minimum Gasteiger partial charge on any atom is -0.497 e. The molecule has 4 heteroatoms. The highest BCUT2D eigenvalue weighted by Gasteiger charge is 1.88. The predicted octanol–water partition coefficient (Wildman–Crippen LogP) is 2.30. The van der Waals surface area contributed by atoms with Gasteiger partial charge in [-0.15, -0.1) is 0 Å². The van der Waals surface area contributed by atoms with Gasteiger partial charge in [-0.25, -0.2) is 0 Å². The molecule has 0 saturated heterocycles. The lowest BCUT2D eigenvalue weighted by atomic mass is 10.3. The third kappa shape index (κ3) is 7.41. The third-order valence-electron chi connectivity index (χ3n) is 2.35. The molecule has 0 saturated carbocycles. The van der Waals surface area contributed by atoms with Crippen LogP contribution >= 0.6 is 0 Å². The van der Waals surface area contributed by atoms with Gasteiger partial charge in [0.2, 0.25) is 0 Å². The number of hydrogen-bond acceptors (Lipinski definition) is 4. The largest absolute Gasteiger partial charge is 0.497 e. The summed E-state index contributed by atoms with van der Waals surface area (Å²) in [5.74, 6) is 1.75. The number of ether oxygens (including phenoxy) is 2. The quantitative estimate of drug-likeness (QED) is 0.627. The highest BCUT2D eigenvalue weighted by atomic mass is 16.5. The van der Waals surface area contributed by atoms with Gasteiger partial charge in [0.25, 0.3) is 0 Å². The van der Waals surface area contributed by atoms with E-state index in [0.717, 1.165) is 11.5 Å².